The molecule has 2 heterocycles. The Bertz CT molecular complexity index is 905. The predicted molar refractivity (Wildman–Crippen MR) is 107 cm³/mol. The summed E-state index contributed by atoms with van der Waals surface area (Å²) < 4.78 is 16.5. The quantitative estimate of drug-likeness (QED) is 0.651. The van der Waals surface area contributed by atoms with Crippen LogP contribution in [-0.2, 0) is 6.54 Å². The molecule has 4 rings (SSSR count). The number of nitrogens with zero attached hydrogens (tertiary/aromatic N) is 4. The van der Waals surface area contributed by atoms with Crippen molar-refractivity contribution in [3.63, 3.8) is 0 Å². The summed E-state index contributed by atoms with van der Waals surface area (Å²) in [6.07, 6.45) is 0. The van der Waals surface area contributed by atoms with Gasteiger partial charge in [-0.3, -0.25) is 4.90 Å². The first-order valence-corrected chi connectivity index (χ1v) is 9.34. The Hall–Kier alpha value is -3.06. The highest BCUT2D eigenvalue weighted by molar-refractivity contribution is 5.59. The third kappa shape index (κ3) is 3.94. The first-order valence-electron chi connectivity index (χ1n) is 9.34. The van der Waals surface area contributed by atoms with Crippen molar-refractivity contribution >= 4 is 5.69 Å². The molecule has 7 nitrogen and oxygen atoms in total. The van der Waals surface area contributed by atoms with Crippen LogP contribution in [0.25, 0.3) is 11.5 Å². The number of benzene rings is 2. The Morgan fingerprint density at radius 1 is 0.893 bits per heavy atom. The van der Waals surface area contributed by atoms with Crippen LogP contribution in [0.5, 0.6) is 11.5 Å². The molecule has 0 N–H and O–H groups in total. The van der Waals surface area contributed by atoms with Crippen LogP contribution >= 0.6 is 0 Å². The Morgan fingerprint density at radius 3 is 2.36 bits per heavy atom. The molecule has 3 aromatic rings. The molecule has 28 heavy (non-hydrogen) atoms. The second kappa shape index (κ2) is 8.31. The van der Waals surface area contributed by atoms with E-state index in [9.17, 15) is 0 Å². The van der Waals surface area contributed by atoms with Gasteiger partial charge in [0, 0.05) is 37.4 Å². The van der Waals surface area contributed by atoms with Gasteiger partial charge in [0.15, 0.2) is 11.5 Å². The lowest BCUT2D eigenvalue weighted by Crippen LogP contribution is -2.46. The van der Waals surface area contributed by atoms with Gasteiger partial charge in [0.2, 0.25) is 11.8 Å². The van der Waals surface area contributed by atoms with E-state index in [2.05, 4.69) is 44.3 Å². The van der Waals surface area contributed by atoms with Gasteiger partial charge >= 0.3 is 0 Å². The molecular formula is C21H24N4O3. The largest absolute Gasteiger partial charge is 0.493 e. The number of piperazine rings is 1. The lowest BCUT2D eigenvalue weighted by Gasteiger charge is -2.35. The molecule has 2 aromatic carbocycles. The van der Waals surface area contributed by atoms with E-state index in [0.29, 0.717) is 29.8 Å². The van der Waals surface area contributed by atoms with E-state index in [-0.39, 0.29) is 0 Å². The molecule has 146 valence electrons. The molecule has 1 saturated heterocycles. The normalized spacial score (nSPS) is 14.9. The molecule has 0 saturated carbocycles. The fourth-order valence-corrected chi connectivity index (χ4v) is 3.40. The first kappa shape index (κ1) is 18.3. The Kier molecular flexibility index (Phi) is 5.43. The van der Waals surface area contributed by atoms with Gasteiger partial charge in [0.1, 0.15) is 0 Å². The summed E-state index contributed by atoms with van der Waals surface area (Å²) >= 11 is 0. The smallest absolute Gasteiger partial charge is 0.247 e. The molecule has 1 aromatic heterocycles. The van der Waals surface area contributed by atoms with Crippen molar-refractivity contribution in [1.82, 2.24) is 15.1 Å². The minimum Gasteiger partial charge on any atom is -0.493 e. The lowest BCUT2D eigenvalue weighted by atomic mass is 10.2. The van der Waals surface area contributed by atoms with Gasteiger partial charge in [0.25, 0.3) is 0 Å². The van der Waals surface area contributed by atoms with Crippen molar-refractivity contribution in [3.8, 4) is 23.0 Å². The van der Waals surface area contributed by atoms with Crippen LogP contribution in [0.3, 0.4) is 0 Å². The first-order chi connectivity index (χ1) is 13.8. The van der Waals surface area contributed by atoms with Crippen molar-refractivity contribution in [2.24, 2.45) is 0 Å². The molecule has 0 spiro atoms. The fourth-order valence-electron chi connectivity index (χ4n) is 3.40. The Balaban J connectivity index is 1.38. The average molecular weight is 380 g/mol. The molecule has 0 bridgehead atoms. The van der Waals surface area contributed by atoms with Gasteiger partial charge in [0.05, 0.1) is 20.8 Å². The van der Waals surface area contributed by atoms with Crippen LogP contribution in [0.15, 0.2) is 52.9 Å². The van der Waals surface area contributed by atoms with E-state index >= 15 is 0 Å². The monoisotopic (exact) mass is 380 g/mol. The summed E-state index contributed by atoms with van der Waals surface area (Å²) in [5.74, 6) is 2.41. The van der Waals surface area contributed by atoms with Crippen molar-refractivity contribution in [2.75, 3.05) is 45.3 Å². The summed E-state index contributed by atoms with van der Waals surface area (Å²) in [5, 5.41) is 8.41. The number of hydrogen-bond acceptors (Lipinski definition) is 7. The Morgan fingerprint density at radius 2 is 1.64 bits per heavy atom. The lowest BCUT2D eigenvalue weighted by molar-refractivity contribution is 0.227. The summed E-state index contributed by atoms with van der Waals surface area (Å²) in [6, 6.07) is 16.1. The van der Waals surface area contributed by atoms with E-state index in [1.165, 1.54) is 5.69 Å². The molecule has 7 heteroatoms. The van der Waals surface area contributed by atoms with Crippen LogP contribution in [0, 0.1) is 0 Å². The summed E-state index contributed by atoms with van der Waals surface area (Å²) in [4.78, 5) is 4.74. The molecule has 1 aliphatic rings. The second-order valence-corrected chi connectivity index (χ2v) is 6.67. The number of rotatable bonds is 6. The predicted octanol–water partition coefficient (Wildman–Crippen LogP) is 3.08. The molecule has 0 aliphatic carbocycles. The maximum Gasteiger partial charge on any atom is 0.247 e. The minimum absolute atomic E-state index is 0.485. The van der Waals surface area contributed by atoms with Crippen molar-refractivity contribution in [1.29, 1.82) is 0 Å². The second-order valence-electron chi connectivity index (χ2n) is 6.67. The third-order valence-corrected chi connectivity index (χ3v) is 4.95. The van der Waals surface area contributed by atoms with E-state index in [0.717, 1.165) is 31.7 Å². The maximum absolute atomic E-state index is 5.88. The van der Waals surface area contributed by atoms with E-state index in [4.69, 9.17) is 13.9 Å². The number of aromatic nitrogens is 2. The molecular weight excluding hydrogens is 356 g/mol. The highest BCUT2D eigenvalue weighted by Gasteiger charge is 2.20. The number of methoxy groups -OCH3 is 2. The van der Waals surface area contributed by atoms with Crippen LogP contribution < -0.4 is 14.4 Å². The SMILES string of the molecule is COc1ccc(-c2nnc(CN3CCN(c4ccccc4)CC3)o2)cc1OC. The molecule has 0 radical (unpaired) electrons. The van der Waals surface area contributed by atoms with Gasteiger partial charge in [-0.1, -0.05) is 18.2 Å². The zero-order valence-electron chi connectivity index (χ0n) is 16.2. The van der Waals surface area contributed by atoms with Crippen LogP contribution in [0.1, 0.15) is 5.89 Å². The van der Waals surface area contributed by atoms with Gasteiger partial charge in [-0.2, -0.15) is 0 Å². The van der Waals surface area contributed by atoms with Crippen LogP contribution in [0.2, 0.25) is 0 Å². The number of ether oxygens (including phenoxy) is 2. The summed E-state index contributed by atoms with van der Waals surface area (Å²) in [6.45, 7) is 4.55. The number of hydrogen-bond donors (Lipinski definition) is 0. The zero-order chi connectivity index (χ0) is 19.3. The molecule has 1 fully saturated rings. The minimum atomic E-state index is 0.485. The summed E-state index contributed by atoms with van der Waals surface area (Å²) in [5.41, 5.74) is 2.08. The van der Waals surface area contributed by atoms with Gasteiger partial charge < -0.3 is 18.8 Å². The van der Waals surface area contributed by atoms with Gasteiger partial charge in [-0.25, -0.2) is 0 Å². The standard InChI is InChI=1S/C21H24N4O3/c1-26-18-9-8-16(14-19(18)27-2)21-23-22-20(28-21)15-24-10-12-25(13-11-24)17-6-4-3-5-7-17/h3-9,14H,10-13,15H2,1-2H3. The van der Waals surface area contributed by atoms with Gasteiger partial charge in [-0.05, 0) is 30.3 Å². The van der Waals surface area contributed by atoms with E-state index < -0.39 is 0 Å². The number of para-hydroxylation sites is 1. The number of anilines is 1. The van der Waals surface area contributed by atoms with Gasteiger partial charge in [-0.15, -0.1) is 10.2 Å². The van der Waals surface area contributed by atoms with Crippen molar-refractivity contribution in [2.45, 2.75) is 6.54 Å². The highest BCUT2D eigenvalue weighted by Crippen LogP contribution is 2.31. The van der Waals surface area contributed by atoms with Crippen LogP contribution in [-0.4, -0.2) is 55.5 Å². The molecule has 0 atom stereocenters. The van der Waals surface area contributed by atoms with Crippen molar-refractivity contribution in [3.05, 3.63) is 54.4 Å². The Labute approximate surface area is 164 Å². The topological polar surface area (TPSA) is 63.9 Å². The molecule has 0 unspecified atom stereocenters. The maximum atomic E-state index is 5.88. The molecule has 1 aliphatic heterocycles. The molecule has 0 amide bonds. The zero-order valence-corrected chi connectivity index (χ0v) is 16.2. The van der Waals surface area contributed by atoms with Crippen LogP contribution in [0.4, 0.5) is 5.69 Å². The average Bonchev–Trinajstić information content (AvgIpc) is 3.23. The highest BCUT2D eigenvalue weighted by atomic mass is 16.5. The fraction of sp³-hybridized carbons (Fsp3) is 0.333. The van der Waals surface area contributed by atoms with E-state index in [1.54, 1.807) is 14.2 Å². The third-order valence-electron chi connectivity index (χ3n) is 4.95. The van der Waals surface area contributed by atoms with E-state index in [1.807, 2.05) is 24.3 Å². The van der Waals surface area contributed by atoms with Crippen molar-refractivity contribution < 1.29 is 13.9 Å². The summed E-state index contributed by atoms with van der Waals surface area (Å²) in [7, 11) is 3.22.